The van der Waals surface area contributed by atoms with Crippen molar-refractivity contribution in [1.29, 1.82) is 0 Å². The van der Waals surface area contributed by atoms with Gasteiger partial charge in [-0.05, 0) is 73.1 Å². The highest BCUT2D eigenvalue weighted by Gasteiger charge is 2.24. The van der Waals surface area contributed by atoms with Crippen LogP contribution in [0.15, 0.2) is 42.5 Å². The van der Waals surface area contributed by atoms with Gasteiger partial charge in [0.15, 0.2) is 6.29 Å². The van der Waals surface area contributed by atoms with E-state index in [4.69, 9.17) is 9.47 Å². The minimum absolute atomic E-state index is 0.215. The molecule has 2 aromatic carbocycles. The summed E-state index contributed by atoms with van der Waals surface area (Å²) < 4.78 is 12.1. The third kappa shape index (κ3) is 6.73. The lowest BCUT2D eigenvalue weighted by Crippen LogP contribution is -2.27. The van der Waals surface area contributed by atoms with Gasteiger partial charge in [0.05, 0.1) is 13.2 Å². The van der Waals surface area contributed by atoms with Gasteiger partial charge >= 0.3 is 0 Å². The molecule has 1 aliphatic carbocycles. The molecule has 0 N–H and O–H groups in total. The first-order valence-corrected chi connectivity index (χ1v) is 14.1. The Morgan fingerprint density at radius 3 is 2.00 bits per heavy atom. The average molecular weight is 463 g/mol. The predicted molar refractivity (Wildman–Crippen MR) is 143 cm³/mol. The van der Waals surface area contributed by atoms with E-state index in [1.807, 2.05) is 0 Å². The number of benzene rings is 2. The fraction of sp³-hybridized carbons (Fsp3) is 0.625. The smallest absolute Gasteiger partial charge is 0.183 e. The summed E-state index contributed by atoms with van der Waals surface area (Å²) in [7, 11) is 0. The Labute approximate surface area is 208 Å². The highest BCUT2D eigenvalue weighted by Crippen LogP contribution is 2.39. The Morgan fingerprint density at radius 2 is 1.35 bits per heavy atom. The van der Waals surface area contributed by atoms with Crippen molar-refractivity contribution in [3.8, 4) is 11.1 Å². The van der Waals surface area contributed by atoms with E-state index in [1.54, 1.807) is 5.56 Å². The highest BCUT2D eigenvalue weighted by molar-refractivity contribution is 5.68. The molecule has 2 aliphatic rings. The van der Waals surface area contributed by atoms with Gasteiger partial charge in [0.1, 0.15) is 0 Å². The highest BCUT2D eigenvalue weighted by atomic mass is 16.7. The van der Waals surface area contributed by atoms with E-state index < -0.39 is 0 Å². The van der Waals surface area contributed by atoms with Gasteiger partial charge in [0, 0.05) is 11.5 Å². The molecule has 1 saturated carbocycles. The maximum absolute atomic E-state index is 6.07. The van der Waals surface area contributed by atoms with Crippen molar-refractivity contribution < 1.29 is 9.47 Å². The largest absolute Gasteiger partial charge is 0.348 e. The van der Waals surface area contributed by atoms with E-state index >= 15 is 0 Å². The lowest BCUT2D eigenvalue weighted by Gasteiger charge is -2.30. The van der Waals surface area contributed by atoms with E-state index in [1.165, 1.54) is 87.3 Å². The Bertz CT molecular complexity index is 855. The lowest BCUT2D eigenvalue weighted by molar-refractivity contribution is -0.206. The van der Waals surface area contributed by atoms with Crippen LogP contribution in [0.5, 0.6) is 0 Å². The molecule has 0 unspecified atom stereocenters. The maximum atomic E-state index is 6.07. The van der Waals surface area contributed by atoms with Crippen molar-refractivity contribution >= 4 is 0 Å². The molecule has 2 heteroatoms. The number of aryl methyl sites for hydroxylation is 1. The molecule has 1 saturated heterocycles. The standard InChI is InChI=1S/C32H46O2/c1-4-6-8-10-26-22-33-32(34-23-26)29-17-15-28(16-18-29)31-20-19-30(21-24(31)3)27-13-11-25(12-14-27)9-7-5-2/h15-21,25-27,32H,4-14,22-23H2,1-3H3/t25?,26-,27?,32-. The summed E-state index contributed by atoms with van der Waals surface area (Å²) in [5.41, 5.74) is 6.69. The number of hydrogen-bond acceptors (Lipinski definition) is 2. The molecule has 0 radical (unpaired) electrons. The summed E-state index contributed by atoms with van der Waals surface area (Å²) in [5, 5.41) is 0. The van der Waals surface area contributed by atoms with Gasteiger partial charge in [0.2, 0.25) is 0 Å². The van der Waals surface area contributed by atoms with Crippen molar-refractivity contribution in [3.05, 3.63) is 59.2 Å². The second kappa shape index (κ2) is 12.9. The van der Waals surface area contributed by atoms with Gasteiger partial charge in [-0.1, -0.05) is 94.8 Å². The van der Waals surface area contributed by atoms with Crippen molar-refractivity contribution in [2.24, 2.45) is 11.8 Å². The van der Waals surface area contributed by atoms with Crippen LogP contribution in [-0.4, -0.2) is 13.2 Å². The molecule has 0 aromatic heterocycles. The SMILES string of the molecule is CCCCC[C@H]1CO[C@H](c2ccc(-c3ccc(C4CCC(CCCC)CC4)cc3C)cc2)OC1. The summed E-state index contributed by atoms with van der Waals surface area (Å²) in [6.07, 6.45) is 14.6. The van der Waals surface area contributed by atoms with Crippen molar-refractivity contribution in [2.75, 3.05) is 13.2 Å². The van der Waals surface area contributed by atoms with Crippen LogP contribution < -0.4 is 0 Å². The first-order chi connectivity index (χ1) is 16.7. The van der Waals surface area contributed by atoms with Crippen LogP contribution in [0.1, 0.15) is 113 Å². The molecule has 0 spiro atoms. The quantitative estimate of drug-likeness (QED) is 0.327. The van der Waals surface area contributed by atoms with Crippen LogP contribution in [0.4, 0.5) is 0 Å². The van der Waals surface area contributed by atoms with E-state index in [0.29, 0.717) is 5.92 Å². The fourth-order valence-corrected chi connectivity index (χ4v) is 5.95. The van der Waals surface area contributed by atoms with E-state index in [2.05, 4.69) is 63.2 Å². The summed E-state index contributed by atoms with van der Waals surface area (Å²) in [6.45, 7) is 8.47. The van der Waals surface area contributed by atoms with Gasteiger partial charge < -0.3 is 9.47 Å². The zero-order chi connectivity index (χ0) is 23.8. The molecule has 2 aromatic rings. The molecule has 0 bridgehead atoms. The number of unbranched alkanes of at least 4 members (excludes halogenated alkanes) is 3. The van der Waals surface area contributed by atoms with E-state index in [-0.39, 0.29) is 6.29 Å². The molecule has 4 rings (SSSR count). The number of hydrogen-bond donors (Lipinski definition) is 0. The molecule has 0 atom stereocenters. The summed E-state index contributed by atoms with van der Waals surface area (Å²) in [5.74, 6) is 2.27. The monoisotopic (exact) mass is 462 g/mol. The molecule has 1 heterocycles. The minimum Gasteiger partial charge on any atom is -0.348 e. The van der Waals surface area contributed by atoms with E-state index in [9.17, 15) is 0 Å². The van der Waals surface area contributed by atoms with Crippen LogP contribution in [0, 0.1) is 18.8 Å². The van der Waals surface area contributed by atoms with Crippen LogP contribution in [0.25, 0.3) is 11.1 Å². The topological polar surface area (TPSA) is 18.5 Å². The zero-order valence-corrected chi connectivity index (χ0v) is 21.9. The number of ether oxygens (including phenoxy) is 2. The first-order valence-electron chi connectivity index (χ1n) is 14.1. The van der Waals surface area contributed by atoms with Gasteiger partial charge in [-0.25, -0.2) is 0 Å². The molecular weight excluding hydrogens is 416 g/mol. The third-order valence-corrected chi connectivity index (χ3v) is 8.21. The Balaban J connectivity index is 1.32. The van der Waals surface area contributed by atoms with Crippen molar-refractivity contribution in [1.82, 2.24) is 0 Å². The fourth-order valence-electron chi connectivity index (χ4n) is 5.95. The average Bonchev–Trinajstić information content (AvgIpc) is 2.88. The molecule has 34 heavy (non-hydrogen) atoms. The summed E-state index contributed by atoms with van der Waals surface area (Å²) in [6, 6.07) is 16.0. The first kappa shape index (κ1) is 25.5. The molecule has 1 aliphatic heterocycles. The van der Waals surface area contributed by atoms with Crippen LogP contribution in [0.2, 0.25) is 0 Å². The minimum atomic E-state index is -0.215. The lowest BCUT2D eigenvalue weighted by atomic mass is 9.76. The summed E-state index contributed by atoms with van der Waals surface area (Å²) in [4.78, 5) is 0. The van der Waals surface area contributed by atoms with E-state index in [0.717, 1.165) is 30.6 Å². The Hall–Kier alpha value is -1.64. The second-order valence-electron chi connectivity index (χ2n) is 10.9. The second-order valence-corrected chi connectivity index (χ2v) is 10.9. The maximum Gasteiger partial charge on any atom is 0.183 e. The van der Waals surface area contributed by atoms with Crippen LogP contribution in [-0.2, 0) is 9.47 Å². The molecule has 2 fully saturated rings. The molecular formula is C32H46O2. The number of rotatable bonds is 10. The third-order valence-electron chi connectivity index (χ3n) is 8.21. The van der Waals surface area contributed by atoms with Gasteiger partial charge in [0.25, 0.3) is 0 Å². The molecule has 0 amide bonds. The molecule has 186 valence electrons. The van der Waals surface area contributed by atoms with Crippen LogP contribution in [0.3, 0.4) is 0 Å². The molecule has 2 nitrogen and oxygen atoms in total. The van der Waals surface area contributed by atoms with Crippen LogP contribution >= 0.6 is 0 Å². The zero-order valence-electron chi connectivity index (χ0n) is 21.9. The Kier molecular flexibility index (Phi) is 9.65. The van der Waals surface area contributed by atoms with Gasteiger partial charge in [-0.3, -0.25) is 0 Å². The van der Waals surface area contributed by atoms with Gasteiger partial charge in [-0.2, -0.15) is 0 Å². The predicted octanol–water partition coefficient (Wildman–Crippen LogP) is 9.37. The summed E-state index contributed by atoms with van der Waals surface area (Å²) >= 11 is 0. The normalized spacial score (nSPS) is 25.4. The Morgan fingerprint density at radius 1 is 0.706 bits per heavy atom. The van der Waals surface area contributed by atoms with Gasteiger partial charge in [-0.15, -0.1) is 0 Å². The van der Waals surface area contributed by atoms with Crippen molar-refractivity contribution in [2.45, 2.75) is 104 Å². The van der Waals surface area contributed by atoms with Crippen molar-refractivity contribution in [3.63, 3.8) is 0 Å².